The van der Waals surface area contributed by atoms with Crippen LogP contribution >= 0.6 is 15.9 Å². The molecule has 1 aromatic rings. The lowest BCUT2D eigenvalue weighted by molar-refractivity contribution is -0.138. The van der Waals surface area contributed by atoms with Gasteiger partial charge in [-0.15, -0.1) is 0 Å². The van der Waals surface area contributed by atoms with Gasteiger partial charge >= 0.3 is 6.18 Å². The Morgan fingerprint density at radius 3 is 2.53 bits per heavy atom. The van der Waals surface area contributed by atoms with Crippen molar-refractivity contribution in [1.29, 1.82) is 0 Å². The van der Waals surface area contributed by atoms with Gasteiger partial charge in [0.15, 0.2) is 0 Å². The zero-order valence-electron chi connectivity index (χ0n) is 7.55. The molecule has 1 rings (SSSR count). The van der Waals surface area contributed by atoms with Crippen molar-refractivity contribution in [3.63, 3.8) is 0 Å². The second-order valence-electron chi connectivity index (χ2n) is 3.13. The third kappa shape index (κ3) is 3.71. The molecule has 15 heavy (non-hydrogen) atoms. The Hall–Kier alpha value is -0.750. The van der Waals surface area contributed by atoms with Gasteiger partial charge in [0.05, 0.1) is 6.42 Å². The molecule has 6 heteroatoms. The fraction of sp³-hybridized carbons (Fsp3) is 0.333. The minimum Gasteiger partial charge on any atom is -0.508 e. The number of alkyl halides is 3. The Bertz CT molecular complexity index is 354. The fourth-order valence-electron chi connectivity index (χ4n) is 1.18. The molecular weight excluding hydrogens is 275 g/mol. The van der Waals surface area contributed by atoms with Crippen LogP contribution in [0.3, 0.4) is 0 Å². The molecule has 0 aliphatic heterocycles. The van der Waals surface area contributed by atoms with E-state index in [0.29, 0.717) is 4.47 Å². The number of halogens is 4. The van der Waals surface area contributed by atoms with E-state index in [9.17, 15) is 18.3 Å². The van der Waals surface area contributed by atoms with Crippen LogP contribution in [0.1, 0.15) is 18.0 Å². The van der Waals surface area contributed by atoms with Gasteiger partial charge in [-0.3, -0.25) is 0 Å². The topological polar surface area (TPSA) is 46.2 Å². The van der Waals surface area contributed by atoms with E-state index in [2.05, 4.69) is 15.9 Å². The first-order valence-corrected chi connectivity index (χ1v) is 4.89. The van der Waals surface area contributed by atoms with Crippen LogP contribution in [0, 0.1) is 0 Å². The number of phenolic OH excluding ortho intramolecular Hbond substituents is 1. The van der Waals surface area contributed by atoms with E-state index >= 15 is 0 Å². The van der Waals surface area contributed by atoms with Crippen molar-refractivity contribution < 1.29 is 18.3 Å². The number of hydrogen-bond donors (Lipinski definition) is 2. The van der Waals surface area contributed by atoms with Crippen molar-refractivity contribution >= 4 is 15.9 Å². The van der Waals surface area contributed by atoms with E-state index in [1.165, 1.54) is 18.2 Å². The van der Waals surface area contributed by atoms with Gasteiger partial charge in [-0.1, -0.05) is 15.9 Å². The molecule has 0 unspecified atom stereocenters. The number of benzene rings is 1. The summed E-state index contributed by atoms with van der Waals surface area (Å²) in [5.41, 5.74) is 5.43. The first kappa shape index (κ1) is 12.3. The molecular formula is C9H9BrF3NO. The largest absolute Gasteiger partial charge is 0.508 e. The summed E-state index contributed by atoms with van der Waals surface area (Å²) in [6.07, 6.45) is -5.49. The second kappa shape index (κ2) is 4.40. The molecule has 0 heterocycles. The third-order valence-electron chi connectivity index (χ3n) is 1.84. The highest BCUT2D eigenvalue weighted by atomic mass is 79.9. The lowest BCUT2D eigenvalue weighted by atomic mass is 10.0. The molecule has 0 radical (unpaired) electrons. The molecule has 0 saturated heterocycles. The second-order valence-corrected chi connectivity index (χ2v) is 4.04. The normalized spacial score (nSPS) is 13.9. The van der Waals surface area contributed by atoms with Crippen molar-refractivity contribution in [2.45, 2.75) is 18.6 Å². The van der Waals surface area contributed by atoms with Gasteiger partial charge in [0.1, 0.15) is 5.75 Å². The molecule has 0 spiro atoms. The highest BCUT2D eigenvalue weighted by Crippen LogP contribution is 2.33. The van der Waals surface area contributed by atoms with Crippen molar-refractivity contribution in [3.05, 3.63) is 28.2 Å². The van der Waals surface area contributed by atoms with Gasteiger partial charge < -0.3 is 10.8 Å². The third-order valence-corrected chi connectivity index (χ3v) is 2.33. The van der Waals surface area contributed by atoms with E-state index in [4.69, 9.17) is 5.73 Å². The Labute approximate surface area is 93.0 Å². The molecule has 0 bridgehead atoms. The van der Waals surface area contributed by atoms with Crippen LogP contribution < -0.4 is 5.73 Å². The summed E-state index contributed by atoms with van der Waals surface area (Å²) in [5.74, 6) is -0.227. The average molecular weight is 284 g/mol. The number of hydrogen-bond acceptors (Lipinski definition) is 2. The van der Waals surface area contributed by atoms with E-state index in [1.54, 1.807) is 0 Å². The first-order valence-electron chi connectivity index (χ1n) is 4.10. The van der Waals surface area contributed by atoms with Gasteiger partial charge in [0.25, 0.3) is 0 Å². The van der Waals surface area contributed by atoms with E-state index in [1.807, 2.05) is 0 Å². The molecule has 84 valence electrons. The molecule has 1 atom stereocenters. The highest BCUT2D eigenvalue weighted by molar-refractivity contribution is 9.10. The van der Waals surface area contributed by atoms with Gasteiger partial charge in [-0.05, 0) is 18.2 Å². The number of phenols is 1. The van der Waals surface area contributed by atoms with Crippen molar-refractivity contribution in [1.82, 2.24) is 0 Å². The number of rotatable bonds is 2. The smallest absolute Gasteiger partial charge is 0.390 e. The maximum atomic E-state index is 12.1. The summed E-state index contributed by atoms with van der Waals surface area (Å²) < 4.78 is 36.7. The van der Waals surface area contributed by atoms with E-state index < -0.39 is 18.6 Å². The molecule has 0 aliphatic carbocycles. The molecule has 0 aromatic heterocycles. The van der Waals surface area contributed by atoms with Gasteiger partial charge in [0.2, 0.25) is 0 Å². The number of nitrogens with two attached hydrogens (primary N) is 1. The zero-order valence-corrected chi connectivity index (χ0v) is 9.14. The predicted molar refractivity (Wildman–Crippen MR) is 53.4 cm³/mol. The fourth-order valence-corrected chi connectivity index (χ4v) is 1.56. The molecule has 0 amide bonds. The van der Waals surface area contributed by atoms with Crippen molar-refractivity contribution in [3.8, 4) is 5.75 Å². The van der Waals surface area contributed by atoms with Crippen LogP contribution in [0.15, 0.2) is 22.7 Å². The lowest BCUT2D eigenvalue weighted by Gasteiger charge is -2.15. The van der Waals surface area contributed by atoms with Crippen molar-refractivity contribution in [2.24, 2.45) is 5.73 Å². The van der Waals surface area contributed by atoms with E-state index in [0.717, 1.165) is 0 Å². The van der Waals surface area contributed by atoms with Crippen molar-refractivity contribution in [2.75, 3.05) is 0 Å². The van der Waals surface area contributed by atoms with Crippen LogP contribution in [0.2, 0.25) is 0 Å². The van der Waals surface area contributed by atoms with Gasteiger partial charge in [-0.25, -0.2) is 0 Å². The Morgan fingerprint density at radius 2 is 2.00 bits per heavy atom. The first-order chi connectivity index (χ1) is 6.79. The predicted octanol–water partition coefficient (Wildman–Crippen LogP) is 3.11. The molecule has 0 saturated carbocycles. The summed E-state index contributed by atoms with van der Waals surface area (Å²) >= 11 is 3.10. The summed E-state index contributed by atoms with van der Waals surface area (Å²) in [4.78, 5) is 0. The zero-order chi connectivity index (χ0) is 11.6. The standard InChI is InChI=1S/C9H9BrF3NO/c10-5-1-2-8(15)6(3-5)7(14)4-9(11,12)13/h1-3,7,15H,4,14H2/t7-/m1/s1. The SMILES string of the molecule is N[C@H](CC(F)(F)F)c1cc(Br)ccc1O. The molecule has 0 aliphatic rings. The number of aromatic hydroxyl groups is 1. The Kier molecular flexibility index (Phi) is 3.62. The summed E-state index contributed by atoms with van der Waals surface area (Å²) in [5, 5.41) is 9.33. The lowest BCUT2D eigenvalue weighted by Crippen LogP contribution is -2.20. The van der Waals surface area contributed by atoms with Crippen LogP contribution in [-0.4, -0.2) is 11.3 Å². The monoisotopic (exact) mass is 283 g/mol. The van der Waals surface area contributed by atoms with Crippen LogP contribution in [0.5, 0.6) is 5.75 Å². The highest BCUT2D eigenvalue weighted by Gasteiger charge is 2.31. The molecule has 1 aromatic carbocycles. The summed E-state index contributed by atoms with van der Waals surface area (Å²) in [7, 11) is 0. The minimum atomic E-state index is -4.34. The van der Waals surface area contributed by atoms with Gasteiger partial charge in [-0.2, -0.15) is 13.2 Å². The molecule has 3 N–H and O–H groups in total. The quantitative estimate of drug-likeness (QED) is 0.876. The Balaban J connectivity index is 2.90. The maximum Gasteiger partial charge on any atom is 0.390 e. The average Bonchev–Trinajstić information content (AvgIpc) is 2.06. The van der Waals surface area contributed by atoms with Crippen LogP contribution in [0.4, 0.5) is 13.2 Å². The minimum absolute atomic E-state index is 0.0849. The molecule has 2 nitrogen and oxygen atoms in total. The van der Waals surface area contributed by atoms with Crippen LogP contribution in [-0.2, 0) is 0 Å². The summed E-state index contributed by atoms with van der Waals surface area (Å²) in [6, 6.07) is 2.96. The van der Waals surface area contributed by atoms with E-state index in [-0.39, 0.29) is 11.3 Å². The Morgan fingerprint density at radius 1 is 1.40 bits per heavy atom. The van der Waals surface area contributed by atoms with Gasteiger partial charge in [0, 0.05) is 16.1 Å². The van der Waals surface area contributed by atoms with Crippen LogP contribution in [0.25, 0.3) is 0 Å². The summed E-state index contributed by atoms with van der Waals surface area (Å²) in [6.45, 7) is 0. The maximum absolute atomic E-state index is 12.1. The molecule has 0 fully saturated rings.